The fourth-order valence-corrected chi connectivity index (χ4v) is 4.49. The van der Waals surface area contributed by atoms with Crippen molar-refractivity contribution in [2.75, 3.05) is 11.1 Å². The zero-order valence-electron chi connectivity index (χ0n) is 20.0. The van der Waals surface area contributed by atoms with Crippen molar-refractivity contribution in [3.63, 3.8) is 0 Å². The number of halogens is 2. The smallest absolute Gasteiger partial charge is 0.419 e. The van der Waals surface area contributed by atoms with Gasteiger partial charge in [0.25, 0.3) is 5.91 Å². The minimum atomic E-state index is -0.602. The predicted molar refractivity (Wildman–Crippen MR) is 130 cm³/mol. The molecule has 1 fully saturated rings. The van der Waals surface area contributed by atoms with Crippen LogP contribution >= 0.6 is 11.6 Å². The number of imidazole rings is 1. The number of aromatic nitrogens is 4. The molecule has 0 spiro atoms. The molecule has 1 aliphatic rings. The molecule has 0 saturated heterocycles. The Bertz CT molecular complexity index is 1280. The van der Waals surface area contributed by atoms with E-state index in [0.717, 1.165) is 18.5 Å². The van der Waals surface area contributed by atoms with Crippen LogP contribution in [0.5, 0.6) is 0 Å². The molecule has 2 aromatic heterocycles. The van der Waals surface area contributed by atoms with Crippen LogP contribution in [-0.4, -0.2) is 36.9 Å². The molecule has 1 aromatic carbocycles. The van der Waals surface area contributed by atoms with Gasteiger partial charge < -0.3 is 15.8 Å². The number of nitrogen functional groups attached to an aromatic ring is 1. The van der Waals surface area contributed by atoms with Gasteiger partial charge in [0.1, 0.15) is 29.1 Å². The van der Waals surface area contributed by atoms with Crippen LogP contribution < -0.4 is 11.1 Å². The molecule has 35 heavy (non-hydrogen) atoms. The number of anilines is 2. The van der Waals surface area contributed by atoms with Crippen LogP contribution in [0.4, 0.5) is 20.7 Å². The third-order valence-electron chi connectivity index (χ3n) is 5.97. The Balaban J connectivity index is 1.51. The maximum atomic E-state index is 13.5. The van der Waals surface area contributed by atoms with E-state index in [1.54, 1.807) is 34.0 Å². The van der Waals surface area contributed by atoms with Crippen molar-refractivity contribution >= 4 is 35.1 Å². The van der Waals surface area contributed by atoms with E-state index >= 15 is 0 Å². The normalized spacial score (nSPS) is 18.0. The van der Waals surface area contributed by atoms with Gasteiger partial charge in [-0.15, -0.1) is 0 Å². The second kappa shape index (κ2) is 9.33. The van der Waals surface area contributed by atoms with E-state index in [4.69, 9.17) is 22.1 Å². The number of ether oxygens (including phenoxy) is 1. The molecule has 186 valence electrons. The predicted octanol–water partition coefficient (Wildman–Crippen LogP) is 5.08. The Hall–Kier alpha value is -3.40. The fourth-order valence-electron chi connectivity index (χ4n) is 4.31. The molecule has 1 saturated carbocycles. The monoisotopic (exact) mass is 502 g/mol. The van der Waals surface area contributed by atoms with E-state index in [2.05, 4.69) is 15.4 Å². The molecule has 4 rings (SSSR count). The molecule has 9 nitrogen and oxygen atoms in total. The SMILES string of the molecule is Cn1nc(C2CCC(c3cn(C(=O)OC(C)(C)C)cn3)C2)c(C(=O)Nc2ccc(F)c(Cl)c2)c1N. The number of aryl methyl sites for hydroxylation is 1. The van der Waals surface area contributed by atoms with Crippen LogP contribution in [0, 0.1) is 5.82 Å². The van der Waals surface area contributed by atoms with Crippen LogP contribution in [0.3, 0.4) is 0 Å². The molecule has 1 amide bonds. The molecular formula is C24H28ClFN6O3. The summed E-state index contributed by atoms with van der Waals surface area (Å²) in [6, 6.07) is 3.95. The van der Waals surface area contributed by atoms with Crippen LogP contribution in [-0.2, 0) is 11.8 Å². The van der Waals surface area contributed by atoms with Gasteiger partial charge in [0.2, 0.25) is 0 Å². The lowest BCUT2D eigenvalue weighted by atomic mass is 9.97. The third kappa shape index (κ3) is 5.32. The first-order valence-corrected chi connectivity index (χ1v) is 11.7. The van der Waals surface area contributed by atoms with Crippen molar-refractivity contribution in [2.24, 2.45) is 7.05 Å². The van der Waals surface area contributed by atoms with Gasteiger partial charge in [-0.25, -0.2) is 18.7 Å². The van der Waals surface area contributed by atoms with Gasteiger partial charge in [0.05, 0.1) is 16.4 Å². The van der Waals surface area contributed by atoms with Gasteiger partial charge in [-0.3, -0.25) is 9.48 Å². The lowest BCUT2D eigenvalue weighted by molar-refractivity contribution is 0.0536. The summed E-state index contributed by atoms with van der Waals surface area (Å²) in [6.45, 7) is 5.42. The Morgan fingerprint density at radius 2 is 1.97 bits per heavy atom. The number of nitrogens with one attached hydrogen (secondary N) is 1. The molecule has 3 aromatic rings. The molecule has 0 aliphatic heterocycles. The number of amides is 1. The standard InChI is InChI=1S/C24H28ClFN6O3/c1-24(2,3)35-23(34)32-11-18(28-12-32)13-5-6-14(9-13)20-19(21(27)31(4)30-20)22(33)29-15-7-8-17(26)16(25)10-15/h7-8,10-14H,5-6,9,27H2,1-4H3,(H,29,33). The maximum absolute atomic E-state index is 13.5. The average Bonchev–Trinajstić information content (AvgIpc) is 3.49. The van der Waals surface area contributed by atoms with Crippen LogP contribution in [0.15, 0.2) is 30.7 Å². The summed E-state index contributed by atoms with van der Waals surface area (Å²) in [7, 11) is 1.68. The zero-order chi connectivity index (χ0) is 25.5. The number of carbonyl (C=O) groups excluding carboxylic acids is 2. The number of nitrogens with zero attached hydrogens (tertiary/aromatic N) is 4. The summed E-state index contributed by atoms with van der Waals surface area (Å²) in [6.07, 6.45) is 4.97. The number of benzene rings is 1. The van der Waals surface area contributed by atoms with E-state index in [-0.39, 0.29) is 28.2 Å². The highest BCUT2D eigenvalue weighted by atomic mass is 35.5. The molecule has 1 aliphatic carbocycles. The lowest BCUT2D eigenvalue weighted by Crippen LogP contribution is -2.26. The van der Waals surface area contributed by atoms with Crippen molar-refractivity contribution in [2.45, 2.75) is 57.5 Å². The van der Waals surface area contributed by atoms with Crippen LogP contribution in [0.25, 0.3) is 0 Å². The van der Waals surface area contributed by atoms with E-state index < -0.39 is 23.4 Å². The second-order valence-electron chi connectivity index (χ2n) is 9.75. The van der Waals surface area contributed by atoms with Gasteiger partial charge in [-0.1, -0.05) is 11.6 Å². The molecule has 2 atom stereocenters. The minimum absolute atomic E-state index is 0.0206. The van der Waals surface area contributed by atoms with Crippen molar-refractivity contribution in [3.05, 3.63) is 58.5 Å². The maximum Gasteiger partial charge on any atom is 0.419 e. The first kappa shape index (κ1) is 24.7. The molecule has 2 heterocycles. The van der Waals surface area contributed by atoms with E-state index in [1.165, 1.54) is 33.8 Å². The summed E-state index contributed by atoms with van der Waals surface area (Å²) < 4.78 is 21.7. The lowest BCUT2D eigenvalue weighted by Gasteiger charge is -2.19. The Morgan fingerprint density at radius 1 is 1.26 bits per heavy atom. The molecule has 0 radical (unpaired) electrons. The highest BCUT2D eigenvalue weighted by molar-refractivity contribution is 6.31. The molecular weight excluding hydrogens is 475 g/mol. The van der Waals surface area contributed by atoms with Crippen LogP contribution in [0.2, 0.25) is 5.02 Å². The van der Waals surface area contributed by atoms with Gasteiger partial charge >= 0.3 is 6.09 Å². The fraction of sp³-hybridized carbons (Fsp3) is 0.417. The van der Waals surface area contributed by atoms with Crippen molar-refractivity contribution < 1.29 is 18.7 Å². The summed E-state index contributed by atoms with van der Waals surface area (Å²) in [5, 5.41) is 7.17. The first-order chi connectivity index (χ1) is 16.4. The molecule has 0 bridgehead atoms. The highest BCUT2D eigenvalue weighted by Crippen LogP contribution is 2.44. The average molecular weight is 503 g/mol. The van der Waals surface area contributed by atoms with E-state index in [9.17, 15) is 14.0 Å². The number of hydrogen-bond acceptors (Lipinski definition) is 6. The minimum Gasteiger partial charge on any atom is -0.443 e. The Morgan fingerprint density at radius 3 is 2.66 bits per heavy atom. The number of nitrogens with two attached hydrogens (primary N) is 1. The highest BCUT2D eigenvalue weighted by Gasteiger charge is 2.35. The summed E-state index contributed by atoms with van der Waals surface area (Å²) in [4.78, 5) is 29.9. The van der Waals surface area contributed by atoms with Crippen LogP contribution in [0.1, 0.15) is 73.6 Å². The van der Waals surface area contributed by atoms with Gasteiger partial charge in [-0.2, -0.15) is 5.10 Å². The molecule has 11 heteroatoms. The third-order valence-corrected chi connectivity index (χ3v) is 6.26. The van der Waals surface area contributed by atoms with Crippen molar-refractivity contribution in [3.8, 4) is 0 Å². The Kier molecular flexibility index (Phi) is 6.59. The van der Waals surface area contributed by atoms with Gasteiger partial charge in [0.15, 0.2) is 0 Å². The number of hydrogen-bond donors (Lipinski definition) is 2. The first-order valence-electron chi connectivity index (χ1n) is 11.3. The van der Waals surface area contributed by atoms with Gasteiger partial charge in [0, 0.05) is 30.8 Å². The number of carbonyl (C=O) groups is 2. The topological polar surface area (TPSA) is 117 Å². The summed E-state index contributed by atoms with van der Waals surface area (Å²) in [5.74, 6) is -0.696. The number of rotatable bonds is 4. The quantitative estimate of drug-likeness (QED) is 0.514. The van der Waals surface area contributed by atoms with Crippen molar-refractivity contribution in [1.29, 1.82) is 0 Å². The summed E-state index contributed by atoms with van der Waals surface area (Å²) in [5.41, 5.74) is 7.63. The van der Waals surface area contributed by atoms with E-state index in [0.29, 0.717) is 17.8 Å². The molecule has 3 N–H and O–H groups in total. The molecule has 2 unspecified atom stereocenters. The largest absolute Gasteiger partial charge is 0.443 e. The Labute approximate surface area is 207 Å². The summed E-state index contributed by atoms with van der Waals surface area (Å²) >= 11 is 5.84. The van der Waals surface area contributed by atoms with Crippen molar-refractivity contribution in [1.82, 2.24) is 19.3 Å². The van der Waals surface area contributed by atoms with Gasteiger partial charge in [-0.05, 0) is 58.2 Å². The second-order valence-corrected chi connectivity index (χ2v) is 10.2. The zero-order valence-corrected chi connectivity index (χ0v) is 20.8. The van der Waals surface area contributed by atoms with E-state index in [1.807, 2.05) is 0 Å².